The van der Waals surface area contributed by atoms with Crippen molar-refractivity contribution in [2.45, 2.75) is 38.6 Å². The van der Waals surface area contributed by atoms with Gasteiger partial charge < -0.3 is 9.80 Å². The highest BCUT2D eigenvalue weighted by Gasteiger charge is 2.46. The first-order chi connectivity index (χ1) is 7.59. The fraction of sp³-hybridized carbons (Fsp3) is 0.833. The molecule has 4 nitrogen and oxygen atoms in total. The predicted octanol–water partition coefficient (Wildman–Crippen LogP) is 0.620. The Balaban J connectivity index is 1.75. The molecule has 88 valence electrons. The SMILES string of the molecule is CC1(CN2CC(=O)N3CCCC3C2=O)CC1. The minimum absolute atomic E-state index is 0.136. The Morgan fingerprint density at radius 1 is 1.38 bits per heavy atom. The van der Waals surface area contributed by atoms with Crippen LogP contribution in [0, 0.1) is 5.41 Å². The largest absolute Gasteiger partial charge is 0.331 e. The van der Waals surface area contributed by atoms with E-state index in [0.29, 0.717) is 12.0 Å². The molecule has 0 aromatic heterocycles. The lowest BCUT2D eigenvalue weighted by atomic mass is 10.1. The summed E-state index contributed by atoms with van der Waals surface area (Å²) in [6.07, 6.45) is 4.23. The van der Waals surface area contributed by atoms with Gasteiger partial charge in [0.15, 0.2) is 0 Å². The Morgan fingerprint density at radius 2 is 2.12 bits per heavy atom. The maximum atomic E-state index is 12.2. The van der Waals surface area contributed by atoms with Crippen molar-refractivity contribution >= 4 is 11.8 Å². The van der Waals surface area contributed by atoms with Crippen molar-refractivity contribution in [3.05, 3.63) is 0 Å². The summed E-state index contributed by atoms with van der Waals surface area (Å²) in [4.78, 5) is 27.6. The molecule has 0 aromatic carbocycles. The summed E-state index contributed by atoms with van der Waals surface area (Å²) in [6.45, 7) is 4.07. The van der Waals surface area contributed by atoms with Gasteiger partial charge in [-0.15, -0.1) is 0 Å². The monoisotopic (exact) mass is 222 g/mol. The van der Waals surface area contributed by atoms with Crippen LogP contribution in [0.4, 0.5) is 0 Å². The molecule has 3 aliphatic rings. The van der Waals surface area contributed by atoms with Crippen LogP contribution in [0.1, 0.15) is 32.6 Å². The van der Waals surface area contributed by atoms with E-state index in [9.17, 15) is 9.59 Å². The molecule has 3 fully saturated rings. The summed E-state index contributed by atoms with van der Waals surface area (Å²) >= 11 is 0. The number of rotatable bonds is 2. The molecule has 2 amide bonds. The Hall–Kier alpha value is -1.06. The molecule has 1 unspecified atom stereocenters. The maximum Gasteiger partial charge on any atom is 0.245 e. The fourth-order valence-corrected chi connectivity index (χ4v) is 2.83. The van der Waals surface area contributed by atoms with E-state index in [2.05, 4.69) is 6.92 Å². The molecule has 4 heteroatoms. The second-order valence-corrected chi connectivity index (χ2v) is 5.75. The van der Waals surface area contributed by atoms with Crippen molar-refractivity contribution in [3.63, 3.8) is 0 Å². The first-order valence-electron chi connectivity index (χ1n) is 6.17. The van der Waals surface area contributed by atoms with Crippen LogP contribution in [0.3, 0.4) is 0 Å². The maximum absolute atomic E-state index is 12.2. The second kappa shape index (κ2) is 3.22. The van der Waals surface area contributed by atoms with Crippen LogP contribution >= 0.6 is 0 Å². The van der Waals surface area contributed by atoms with Crippen LogP contribution in [0.5, 0.6) is 0 Å². The number of hydrogen-bond donors (Lipinski definition) is 0. The summed E-state index contributed by atoms with van der Waals surface area (Å²) < 4.78 is 0. The van der Waals surface area contributed by atoms with E-state index < -0.39 is 0 Å². The van der Waals surface area contributed by atoms with Gasteiger partial charge in [0.2, 0.25) is 11.8 Å². The molecule has 0 spiro atoms. The minimum Gasteiger partial charge on any atom is -0.331 e. The molecular weight excluding hydrogens is 204 g/mol. The third-order valence-electron chi connectivity index (χ3n) is 4.17. The summed E-state index contributed by atoms with van der Waals surface area (Å²) in [5, 5.41) is 0. The topological polar surface area (TPSA) is 40.6 Å². The number of nitrogens with zero attached hydrogens (tertiary/aromatic N) is 2. The Bertz CT molecular complexity index is 349. The highest BCUT2D eigenvalue weighted by Crippen LogP contribution is 2.46. The van der Waals surface area contributed by atoms with E-state index in [1.165, 1.54) is 12.8 Å². The number of amides is 2. The average molecular weight is 222 g/mol. The van der Waals surface area contributed by atoms with Gasteiger partial charge in [0.25, 0.3) is 0 Å². The number of hydrogen-bond acceptors (Lipinski definition) is 2. The zero-order valence-electron chi connectivity index (χ0n) is 9.74. The van der Waals surface area contributed by atoms with Gasteiger partial charge in [-0.3, -0.25) is 9.59 Å². The fourth-order valence-electron chi connectivity index (χ4n) is 2.83. The van der Waals surface area contributed by atoms with Gasteiger partial charge in [-0.2, -0.15) is 0 Å². The Morgan fingerprint density at radius 3 is 2.81 bits per heavy atom. The molecule has 2 aliphatic heterocycles. The van der Waals surface area contributed by atoms with Gasteiger partial charge in [-0.05, 0) is 31.1 Å². The van der Waals surface area contributed by atoms with Gasteiger partial charge in [-0.1, -0.05) is 6.92 Å². The molecule has 1 aliphatic carbocycles. The smallest absolute Gasteiger partial charge is 0.245 e. The summed E-state index contributed by atoms with van der Waals surface area (Å²) in [7, 11) is 0. The summed E-state index contributed by atoms with van der Waals surface area (Å²) in [5.41, 5.74) is 0.302. The van der Waals surface area contributed by atoms with E-state index in [-0.39, 0.29) is 17.9 Å². The minimum atomic E-state index is -0.136. The van der Waals surface area contributed by atoms with Crippen LogP contribution in [0.2, 0.25) is 0 Å². The summed E-state index contributed by atoms with van der Waals surface area (Å²) in [5.74, 6) is 0.330. The van der Waals surface area contributed by atoms with Crippen molar-refractivity contribution in [1.29, 1.82) is 0 Å². The normalized spacial score (nSPS) is 31.9. The van der Waals surface area contributed by atoms with Gasteiger partial charge in [0.1, 0.15) is 6.04 Å². The van der Waals surface area contributed by atoms with Gasteiger partial charge in [0, 0.05) is 13.1 Å². The van der Waals surface area contributed by atoms with Gasteiger partial charge in [-0.25, -0.2) is 0 Å². The quantitative estimate of drug-likeness (QED) is 0.687. The number of fused-ring (bicyclic) bond motifs is 1. The predicted molar refractivity (Wildman–Crippen MR) is 58.7 cm³/mol. The molecule has 1 atom stereocenters. The summed E-state index contributed by atoms with van der Waals surface area (Å²) in [6, 6.07) is -0.136. The molecule has 1 saturated carbocycles. The lowest BCUT2D eigenvalue weighted by molar-refractivity contribution is -0.154. The Labute approximate surface area is 95.6 Å². The van der Waals surface area contributed by atoms with E-state index >= 15 is 0 Å². The van der Waals surface area contributed by atoms with E-state index in [4.69, 9.17) is 0 Å². The number of carbonyl (C=O) groups excluding carboxylic acids is 2. The van der Waals surface area contributed by atoms with Crippen LogP contribution < -0.4 is 0 Å². The number of carbonyl (C=O) groups is 2. The van der Waals surface area contributed by atoms with Crippen molar-refractivity contribution in [3.8, 4) is 0 Å². The average Bonchev–Trinajstić information content (AvgIpc) is 2.81. The molecule has 0 bridgehead atoms. The van der Waals surface area contributed by atoms with Gasteiger partial charge in [0.05, 0.1) is 6.54 Å². The zero-order chi connectivity index (χ0) is 11.3. The molecule has 0 N–H and O–H groups in total. The van der Waals surface area contributed by atoms with Crippen molar-refractivity contribution in [2.75, 3.05) is 19.6 Å². The second-order valence-electron chi connectivity index (χ2n) is 5.75. The van der Waals surface area contributed by atoms with Crippen LogP contribution in [-0.4, -0.2) is 47.3 Å². The van der Waals surface area contributed by atoms with E-state index in [1.54, 1.807) is 9.80 Å². The van der Waals surface area contributed by atoms with Crippen molar-refractivity contribution in [2.24, 2.45) is 5.41 Å². The third-order valence-corrected chi connectivity index (χ3v) is 4.17. The Kier molecular flexibility index (Phi) is 2.03. The highest BCUT2D eigenvalue weighted by molar-refractivity contribution is 5.95. The van der Waals surface area contributed by atoms with Crippen LogP contribution in [0.15, 0.2) is 0 Å². The standard InChI is InChI=1S/C12H18N2O2/c1-12(4-5-12)8-13-7-10(15)14-6-2-3-9(14)11(13)16/h9H,2-8H2,1H3. The first kappa shape index (κ1) is 10.1. The first-order valence-corrected chi connectivity index (χ1v) is 6.17. The van der Waals surface area contributed by atoms with Gasteiger partial charge >= 0.3 is 0 Å². The molecule has 0 aromatic rings. The van der Waals surface area contributed by atoms with Crippen LogP contribution in [-0.2, 0) is 9.59 Å². The zero-order valence-corrected chi connectivity index (χ0v) is 9.74. The molecule has 2 heterocycles. The number of piperazine rings is 1. The lowest BCUT2D eigenvalue weighted by Gasteiger charge is -2.37. The van der Waals surface area contributed by atoms with Crippen molar-refractivity contribution in [1.82, 2.24) is 9.80 Å². The molecule has 3 rings (SSSR count). The van der Waals surface area contributed by atoms with Crippen molar-refractivity contribution < 1.29 is 9.59 Å². The molecule has 2 saturated heterocycles. The lowest BCUT2D eigenvalue weighted by Crippen LogP contribution is -2.58. The van der Waals surface area contributed by atoms with E-state index in [0.717, 1.165) is 25.9 Å². The van der Waals surface area contributed by atoms with Crippen LogP contribution in [0.25, 0.3) is 0 Å². The van der Waals surface area contributed by atoms with E-state index in [1.807, 2.05) is 0 Å². The molecule has 0 radical (unpaired) electrons. The molecule has 16 heavy (non-hydrogen) atoms. The third kappa shape index (κ3) is 1.51. The highest BCUT2D eigenvalue weighted by atomic mass is 16.2. The molecular formula is C12H18N2O2.